The summed E-state index contributed by atoms with van der Waals surface area (Å²) in [6.07, 6.45) is 0.814. The Balaban J connectivity index is 2.63. The fraction of sp³-hybridized carbons (Fsp3) is 0.462. The number of nitrogens with two attached hydrogens (primary N) is 1. The summed E-state index contributed by atoms with van der Waals surface area (Å²) in [5.41, 5.74) is 5.74. The van der Waals surface area contributed by atoms with E-state index in [2.05, 4.69) is 5.32 Å². The molecule has 1 amide bonds. The minimum Gasteiger partial charge on any atom is -0.504 e. The van der Waals surface area contributed by atoms with Crippen LogP contribution in [0.25, 0.3) is 0 Å². The molecule has 100 valence electrons. The maximum Gasteiger partial charge on any atom is 0.251 e. The summed E-state index contributed by atoms with van der Waals surface area (Å²) in [6.45, 7) is 5.12. The second-order valence-electron chi connectivity index (χ2n) is 5.09. The summed E-state index contributed by atoms with van der Waals surface area (Å²) in [6, 6.07) is 3.98. The van der Waals surface area contributed by atoms with Crippen molar-refractivity contribution in [2.24, 2.45) is 11.1 Å². The van der Waals surface area contributed by atoms with E-state index in [1.807, 2.05) is 13.8 Å². The van der Waals surface area contributed by atoms with Gasteiger partial charge in [0.1, 0.15) is 0 Å². The van der Waals surface area contributed by atoms with Gasteiger partial charge in [-0.2, -0.15) is 0 Å². The maximum absolute atomic E-state index is 11.8. The molecule has 0 aliphatic rings. The molecule has 0 aliphatic heterocycles. The van der Waals surface area contributed by atoms with Crippen LogP contribution in [-0.2, 0) is 0 Å². The molecule has 0 unspecified atom stereocenters. The first-order valence-electron chi connectivity index (χ1n) is 5.86. The average Bonchev–Trinajstić information content (AvgIpc) is 2.30. The standard InChI is InChI=1S/C13H20N2O3/c1-13(2,5-6-14)8-15-12(18)9-3-4-10(16)11(17)7-9/h3-4,7,16-17H,5-6,8,14H2,1-2H3,(H,15,18). The van der Waals surface area contributed by atoms with Crippen molar-refractivity contribution in [3.05, 3.63) is 23.8 Å². The third kappa shape index (κ3) is 3.92. The molecule has 18 heavy (non-hydrogen) atoms. The van der Waals surface area contributed by atoms with Crippen LogP contribution >= 0.6 is 0 Å². The van der Waals surface area contributed by atoms with Crippen molar-refractivity contribution in [2.45, 2.75) is 20.3 Å². The molecule has 1 aromatic rings. The van der Waals surface area contributed by atoms with Crippen molar-refractivity contribution in [1.82, 2.24) is 5.32 Å². The number of rotatable bonds is 5. The van der Waals surface area contributed by atoms with Gasteiger partial charge in [0.05, 0.1) is 0 Å². The SMILES string of the molecule is CC(C)(CCN)CNC(=O)c1ccc(O)c(O)c1. The molecular formula is C13H20N2O3. The van der Waals surface area contributed by atoms with Gasteiger partial charge < -0.3 is 21.3 Å². The zero-order valence-electron chi connectivity index (χ0n) is 10.7. The number of carbonyl (C=O) groups is 1. The quantitative estimate of drug-likeness (QED) is 0.592. The predicted molar refractivity (Wildman–Crippen MR) is 69.6 cm³/mol. The van der Waals surface area contributed by atoms with Crippen molar-refractivity contribution in [3.8, 4) is 11.5 Å². The van der Waals surface area contributed by atoms with Gasteiger partial charge in [-0.3, -0.25) is 4.79 Å². The number of hydrogen-bond acceptors (Lipinski definition) is 4. The number of aromatic hydroxyl groups is 2. The van der Waals surface area contributed by atoms with Gasteiger partial charge in [-0.05, 0) is 36.6 Å². The van der Waals surface area contributed by atoms with Gasteiger partial charge in [-0.1, -0.05) is 13.8 Å². The first-order valence-corrected chi connectivity index (χ1v) is 5.86. The number of carbonyl (C=O) groups excluding carboxylic acids is 1. The molecule has 5 N–H and O–H groups in total. The highest BCUT2D eigenvalue weighted by molar-refractivity contribution is 5.94. The summed E-state index contributed by atoms with van der Waals surface area (Å²) >= 11 is 0. The molecule has 0 atom stereocenters. The first-order chi connectivity index (χ1) is 8.35. The zero-order valence-corrected chi connectivity index (χ0v) is 10.7. The highest BCUT2D eigenvalue weighted by atomic mass is 16.3. The van der Waals surface area contributed by atoms with Gasteiger partial charge in [-0.15, -0.1) is 0 Å². The van der Waals surface area contributed by atoms with E-state index in [0.29, 0.717) is 18.7 Å². The van der Waals surface area contributed by atoms with Crippen LogP contribution in [0.5, 0.6) is 11.5 Å². The second-order valence-corrected chi connectivity index (χ2v) is 5.09. The lowest BCUT2D eigenvalue weighted by Gasteiger charge is -2.24. The molecule has 0 spiro atoms. The lowest BCUT2D eigenvalue weighted by atomic mass is 9.89. The summed E-state index contributed by atoms with van der Waals surface area (Å²) in [7, 11) is 0. The summed E-state index contributed by atoms with van der Waals surface area (Å²) < 4.78 is 0. The zero-order chi connectivity index (χ0) is 13.8. The molecule has 1 rings (SSSR count). The highest BCUT2D eigenvalue weighted by Gasteiger charge is 2.18. The molecule has 0 saturated carbocycles. The van der Waals surface area contributed by atoms with Crippen LogP contribution in [0.2, 0.25) is 0 Å². The van der Waals surface area contributed by atoms with E-state index in [4.69, 9.17) is 10.8 Å². The molecular weight excluding hydrogens is 232 g/mol. The third-order valence-corrected chi connectivity index (χ3v) is 2.79. The summed E-state index contributed by atoms with van der Waals surface area (Å²) in [4.78, 5) is 11.8. The van der Waals surface area contributed by atoms with Gasteiger partial charge >= 0.3 is 0 Å². The van der Waals surface area contributed by atoms with Gasteiger partial charge in [0, 0.05) is 12.1 Å². The summed E-state index contributed by atoms with van der Waals surface area (Å²) in [5, 5.41) is 21.3. The van der Waals surface area contributed by atoms with E-state index in [1.54, 1.807) is 0 Å². The van der Waals surface area contributed by atoms with E-state index in [-0.39, 0.29) is 22.8 Å². The van der Waals surface area contributed by atoms with Gasteiger partial charge in [0.2, 0.25) is 0 Å². The number of phenols is 2. The Labute approximate surface area is 107 Å². The summed E-state index contributed by atoms with van der Waals surface area (Å²) in [5.74, 6) is -0.825. The van der Waals surface area contributed by atoms with Crippen molar-refractivity contribution in [2.75, 3.05) is 13.1 Å². The minimum atomic E-state index is -0.302. The molecule has 0 fully saturated rings. The Bertz CT molecular complexity index is 430. The van der Waals surface area contributed by atoms with Gasteiger partial charge in [0.15, 0.2) is 11.5 Å². The molecule has 0 bridgehead atoms. The van der Waals surface area contributed by atoms with Crippen molar-refractivity contribution >= 4 is 5.91 Å². The molecule has 5 heteroatoms. The Hall–Kier alpha value is -1.75. The number of benzene rings is 1. The fourth-order valence-corrected chi connectivity index (χ4v) is 1.57. The molecule has 0 aliphatic carbocycles. The first kappa shape index (κ1) is 14.3. The molecule has 0 heterocycles. The number of hydrogen-bond donors (Lipinski definition) is 4. The van der Waals surface area contributed by atoms with Crippen LogP contribution in [-0.4, -0.2) is 29.2 Å². The molecule has 1 aromatic carbocycles. The predicted octanol–water partition coefficient (Wildman–Crippen LogP) is 1.20. The Morgan fingerprint density at radius 1 is 1.33 bits per heavy atom. The van der Waals surface area contributed by atoms with Crippen LogP contribution in [0.4, 0.5) is 0 Å². The number of nitrogens with one attached hydrogen (secondary N) is 1. The largest absolute Gasteiger partial charge is 0.504 e. The average molecular weight is 252 g/mol. The maximum atomic E-state index is 11.8. The lowest BCUT2D eigenvalue weighted by molar-refractivity contribution is 0.0934. The highest BCUT2D eigenvalue weighted by Crippen LogP contribution is 2.25. The van der Waals surface area contributed by atoms with Crippen LogP contribution in [0.15, 0.2) is 18.2 Å². The van der Waals surface area contributed by atoms with Crippen LogP contribution < -0.4 is 11.1 Å². The monoisotopic (exact) mass is 252 g/mol. The van der Waals surface area contributed by atoms with E-state index < -0.39 is 0 Å². The smallest absolute Gasteiger partial charge is 0.251 e. The van der Waals surface area contributed by atoms with E-state index in [1.165, 1.54) is 18.2 Å². The number of amides is 1. The molecule has 0 radical (unpaired) electrons. The third-order valence-electron chi connectivity index (χ3n) is 2.79. The van der Waals surface area contributed by atoms with E-state index in [0.717, 1.165) is 6.42 Å². The van der Waals surface area contributed by atoms with Crippen LogP contribution in [0.1, 0.15) is 30.6 Å². The Kier molecular flexibility index (Phi) is 4.55. The molecule has 5 nitrogen and oxygen atoms in total. The normalized spacial score (nSPS) is 11.3. The Morgan fingerprint density at radius 3 is 2.56 bits per heavy atom. The van der Waals surface area contributed by atoms with E-state index >= 15 is 0 Å². The molecule has 0 aromatic heterocycles. The lowest BCUT2D eigenvalue weighted by Crippen LogP contribution is -2.35. The van der Waals surface area contributed by atoms with Crippen LogP contribution in [0, 0.1) is 5.41 Å². The molecule has 0 saturated heterocycles. The van der Waals surface area contributed by atoms with Gasteiger partial charge in [0.25, 0.3) is 5.91 Å². The van der Waals surface area contributed by atoms with Gasteiger partial charge in [-0.25, -0.2) is 0 Å². The van der Waals surface area contributed by atoms with Crippen molar-refractivity contribution in [3.63, 3.8) is 0 Å². The fourth-order valence-electron chi connectivity index (χ4n) is 1.57. The van der Waals surface area contributed by atoms with E-state index in [9.17, 15) is 9.90 Å². The number of phenolic OH excluding ortho intramolecular Hbond substituents is 2. The minimum absolute atomic E-state index is 0.0661. The second kappa shape index (κ2) is 5.73. The van der Waals surface area contributed by atoms with Crippen LogP contribution in [0.3, 0.4) is 0 Å². The van der Waals surface area contributed by atoms with Crippen molar-refractivity contribution in [1.29, 1.82) is 0 Å². The Morgan fingerprint density at radius 2 is 2.00 bits per heavy atom. The van der Waals surface area contributed by atoms with Crippen molar-refractivity contribution < 1.29 is 15.0 Å². The topological polar surface area (TPSA) is 95.6 Å².